The van der Waals surface area contributed by atoms with E-state index in [1.807, 2.05) is 13.0 Å². The third-order valence-electron chi connectivity index (χ3n) is 4.38. The van der Waals surface area contributed by atoms with Gasteiger partial charge in [-0.3, -0.25) is 4.79 Å². The van der Waals surface area contributed by atoms with E-state index in [0.717, 1.165) is 30.3 Å². The Morgan fingerprint density at radius 1 is 1.11 bits per heavy atom. The van der Waals surface area contributed by atoms with Gasteiger partial charge in [0.15, 0.2) is 6.29 Å². The molecule has 0 aromatic heterocycles. The molecule has 98 valence electrons. The lowest BCUT2D eigenvalue weighted by Crippen LogP contribution is -2.35. The molecule has 1 aromatic carbocycles. The molecule has 1 aliphatic rings. The van der Waals surface area contributed by atoms with Gasteiger partial charge in [-0.05, 0) is 47.8 Å². The highest BCUT2D eigenvalue weighted by Crippen LogP contribution is 2.51. The van der Waals surface area contributed by atoms with Gasteiger partial charge in [0.1, 0.15) is 5.75 Å². The quantitative estimate of drug-likeness (QED) is 0.764. The zero-order chi connectivity index (χ0) is 13.7. The third kappa shape index (κ3) is 1.75. The fourth-order valence-corrected chi connectivity index (χ4v) is 3.33. The second-order valence-corrected chi connectivity index (χ2v) is 6.77. The summed E-state index contributed by atoms with van der Waals surface area (Å²) in [6.07, 6.45) is 2.89. The SMILES string of the molecule is Cc1cc(C=O)c(O)c2c1C(C)(C)CCC2(C)C. The molecule has 0 heterocycles. The van der Waals surface area contributed by atoms with Crippen LogP contribution in [0.5, 0.6) is 5.75 Å². The maximum absolute atomic E-state index is 11.1. The molecule has 0 fully saturated rings. The van der Waals surface area contributed by atoms with E-state index in [4.69, 9.17) is 0 Å². The van der Waals surface area contributed by atoms with Crippen molar-refractivity contribution < 1.29 is 9.90 Å². The van der Waals surface area contributed by atoms with Crippen molar-refractivity contribution in [2.75, 3.05) is 0 Å². The minimum absolute atomic E-state index is 0.0633. The van der Waals surface area contributed by atoms with Crippen LogP contribution in [0.2, 0.25) is 0 Å². The summed E-state index contributed by atoms with van der Waals surface area (Å²) >= 11 is 0. The van der Waals surface area contributed by atoms with Gasteiger partial charge < -0.3 is 5.11 Å². The maximum atomic E-state index is 11.1. The van der Waals surface area contributed by atoms with Crippen LogP contribution in [0.4, 0.5) is 0 Å². The van der Waals surface area contributed by atoms with Crippen LogP contribution in [-0.2, 0) is 10.8 Å². The van der Waals surface area contributed by atoms with E-state index in [-0.39, 0.29) is 16.6 Å². The van der Waals surface area contributed by atoms with E-state index in [1.54, 1.807) is 0 Å². The lowest BCUT2D eigenvalue weighted by Gasteiger charge is -2.43. The summed E-state index contributed by atoms with van der Waals surface area (Å²) in [4.78, 5) is 11.1. The Bertz CT molecular complexity index is 510. The molecule has 0 bridgehead atoms. The van der Waals surface area contributed by atoms with Crippen LogP contribution in [0.15, 0.2) is 6.07 Å². The Labute approximate surface area is 109 Å². The van der Waals surface area contributed by atoms with Crippen LogP contribution in [0.1, 0.15) is 67.6 Å². The molecule has 2 rings (SSSR count). The van der Waals surface area contributed by atoms with E-state index < -0.39 is 0 Å². The molecule has 0 spiro atoms. The van der Waals surface area contributed by atoms with Gasteiger partial charge in [0.2, 0.25) is 0 Å². The number of fused-ring (bicyclic) bond motifs is 1. The Hall–Kier alpha value is -1.31. The van der Waals surface area contributed by atoms with Crippen molar-refractivity contribution in [3.05, 3.63) is 28.3 Å². The molecule has 0 atom stereocenters. The summed E-state index contributed by atoms with van der Waals surface area (Å²) in [6.45, 7) is 10.8. The molecule has 0 aliphatic heterocycles. The highest BCUT2D eigenvalue weighted by molar-refractivity contribution is 5.82. The van der Waals surface area contributed by atoms with Gasteiger partial charge >= 0.3 is 0 Å². The predicted octanol–water partition coefficient (Wildman–Crippen LogP) is 3.86. The number of phenolic OH excluding ortho intramolecular Hbond substituents is 1. The lowest BCUT2D eigenvalue weighted by atomic mass is 9.61. The van der Waals surface area contributed by atoms with Crippen molar-refractivity contribution in [3.8, 4) is 5.75 Å². The van der Waals surface area contributed by atoms with Crippen LogP contribution in [0.25, 0.3) is 0 Å². The molecule has 1 aliphatic carbocycles. The Morgan fingerprint density at radius 3 is 2.11 bits per heavy atom. The number of carbonyl (C=O) groups is 1. The van der Waals surface area contributed by atoms with Gasteiger partial charge in [-0.1, -0.05) is 27.7 Å². The molecule has 0 saturated carbocycles. The molecule has 18 heavy (non-hydrogen) atoms. The van der Waals surface area contributed by atoms with Crippen molar-refractivity contribution in [3.63, 3.8) is 0 Å². The molecule has 0 unspecified atom stereocenters. The molecule has 1 N–H and O–H groups in total. The fraction of sp³-hybridized carbons (Fsp3) is 0.562. The first kappa shape index (κ1) is 13.1. The summed E-state index contributed by atoms with van der Waals surface area (Å²) in [5, 5.41) is 10.4. The van der Waals surface area contributed by atoms with Crippen LogP contribution in [-0.4, -0.2) is 11.4 Å². The normalized spacial score (nSPS) is 20.3. The van der Waals surface area contributed by atoms with Crippen LogP contribution < -0.4 is 0 Å². The second-order valence-electron chi connectivity index (χ2n) is 6.77. The molecule has 0 saturated heterocycles. The largest absolute Gasteiger partial charge is 0.507 e. The maximum Gasteiger partial charge on any atom is 0.153 e. The first-order valence-electron chi connectivity index (χ1n) is 6.53. The Kier molecular flexibility index (Phi) is 2.80. The molecule has 0 radical (unpaired) electrons. The van der Waals surface area contributed by atoms with Gasteiger partial charge in [-0.25, -0.2) is 0 Å². The monoisotopic (exact) mass is 246 g/mol. The van der Waals surface area contributed by atoms with Crippen molar-refractivity contribution in [2.45, 2.75) is 58.3 Å². The fourth-order valence-electron chi connectivity index (χ4n) is 3.33. The van der Waals surface area contributed by atoms with Crippen molar-refractivity contribution in [1.29, 1.82) is 0 Å². The highest BCUT2D eigenvalue weighted by Gasteiger charge is 2.40. The molecular formula is C16H22O2. The minimum atomic E-state index is -0.0707. The lowest BCUT2D eigenvalue weighted by molar-refractivity contribution is 0.112. The van der Waals surface area contributed by atoms with Crippen LogP contribution >= 0.6 is 0 Å². The predicted molar refractivity (Wildman–Crippen MR) is 73.5 cm³/mol. The van der Waals surface area contributed by atoms with Gasteiger partial charge in [-0.15, -0.1) is 0 Å². The Morgan fingerprint density at radius 2 is 1.61 bits per heavy atom. The number of hydrogen-bond acceptors (Lipinski definition) is 2. The molecule has 0 amide bonds. The summed E-state index contributed by atoms with van der Waals surface area (Å²) < 4.78 is 0. The smallest absolute Gasteiger partial charge is 0.153 e. The van der Waals surface area contributed by atoms with Crippen LogP contribution in [0.3, 0.4) is 0 Å². The second kappa shape index (κ2) is 3.84. The van der Waals surface area contributed by atoms with Crippen molar-refractivity contribution >= 4 is 6.29 Å². The standard InChI is InChI=1S/C16H22O2/c1-10-8-11(9-17)14(18)13-12(10)15(2,3)6-7-16(13,4)5/h8-9,18H,6-7H2,1-5H3. The number of aldehydes is 1. The number of carbonyl (C=O) groups excluding carboxylic acids is 1. The summed E-state index contributed by atoms with van der Waals surface area (Å²) in [6, 6.07) is 1.81. The molecule has 2 nitrogen and oxygen atoms in total. The molecular weight excluding hydrogens is 224 g/mol. The van der Waals surface area contributed by atoms with E-state index in [2.05, 4.69) is 27.7 Å². The van der Waals surface area contributed by atoms with E-state index >= 15 is 0 Å². The van der Waals surface area contributed by atoms with Crippen LogP contribution in [0, 0.1) is 6.92 Å². The van der Waals surface area contributed by atoms with E-state index in [1.165, 1.54) is 5.56 Å². The average molecular weight is 246 g/mol. The van der Waals surface area contributed by atoms with Gasteiger partial charge in [-0.2, -0.15) is 0 Å². The van der Waals surface area contributed by atoms with Crippen molar-refractivity contribution in [2.24, 2.45) is 0 Å². The summed E-state index contributed by atoms with van der Waals surface area (Å²) in [5.41, 5.74) is 3.72. The first-order valence-corrected chi connectivity index (χ1v) is 6.53. The van der Waals surface area contributed by atoms with Gasteiger partial charge in [0.25, 0.3) is 0 Å². The zero-order valence-corrected chi connectivity index (χ0v) is 11.9. The van der Waals surface area contributed by atoms with E-state index in [0.29, 0.717) is 5.56 Å². The first-order chi connectivity index (χ1) is 8.20. The number of phenols is 1. The van der Waals surface area contributed by atoms with Crippen molar-refractivity contribution in [1.82, 2.24) is 0 Å². The summed E-state index contributed by atoms with van der Waals surface area (Å²) in [5.74, 6) is 0.184. The van der Waals surface area contributed by atoms with Gasteiger partial charge in [0, 0.05) is 5.56 Å². The Balaban J connectivity index is 2.87. The number of hydrogen-bond donors (Lipinski definition) is 1. The number of aromatic hydroxyl groups is 1. The zero-order valence-electron chi connectivity index (χ0n) is 11.9. The highest BCUT2D eigenvalue weighted by atomic mass is 16.3. The molecule has 2 heteroatoms. The van der Waals surface area contributed by atoms with Gasteiger partial charge in [0.05, 0.1) is 5.56 Å². The number of rotatable bonds is 1. The summed E-state index contributed by atoms with van der Waals surface area (Å²) in [7, 11) is 0. The number of benzene rings is 1. The minimum Gasteiger partial charge on any atom is -0.507 e. The third-order valence-corrected chi connectivity index (χ3v) is 4.38. The van der Waals surface area contributed by atoms with E-state index in [9.17, 15) is 9.90 Å². The average Bonchev–Trinajstić information content (AvgIpc) is 2.27. The molecule has 1 aromatic rings. The topological polar surface area (TPSA) is 37.3 Å². The number of aryl methyl sites for hydroxylation is 1.